The van der Waals surface area contributed by atoms with Gasteiger partial charge in [0.1, 0.15) is 11.3 Å². The number of hydrogen-bond acceptors (Lipinski definition) is 4. The lowest BCUT2D eigenvalue weighted by Gasteiger charge is -2.23. The van der Waals surface area contributed by atoms with E-state index in [0.29, 0.717) is 12.8 Å². The van der Waals surface area contributed by atoms with Crippen molar-refractivity contribution in [3.05, 3.63) is 36.0 Å². The van der Waals surface area contributed by atoms with E-state index in [2.05, 4.69) is 10.3 Å². The van der Waals surface area contributed by atoms with Crippen molar-refractivity contribution in [1.29, 1.82) is 0 Å². The van der Waals surface area contributed by atoms with Crippen molar-refractivity contribution < 1.29 is 23.1 Å². The molecule has 8 heteroatoms. The largest absolute Gasteiger partial charge is 0.480 e. The summed E-state index contributed by atoms with van der Waals surface area (Å²) in [7, 11) is -3.50. The maximum absolute atomic E-state index is 12.4. The molecule has 2 unspecified atom stereocenters. The third-order valence-corrected chi connectivity index (χ3v) is 6.76. The highest BCUT2D eigenvalue weighted by Gasteiger charge is 2.36. The second kappa shape index (κ2) is 6.87. The van der Waals surface area contributed by atoms with Crippen LogP contribution in [0, 0.1) is 0 Å². The van der Waals surface area contributed by atoms with Crippen LogP contribution in [-0.4, -0.2) is 47.4 Å². The molecular formula is C17H20N2O5S. The molecule has 3 N–H and O–H groups in total. The number of nitrogens with one attached hydrogen (secondary N) is 2. The molecule has 0 saturated carbocycles. The van der Waals surface area contributed by atoms with Gasteiger partial charge in [0.05, 0.1) is 5.75 Å². The summed E-state index contributed by atoms with van der Waals surface area (Å²) in [5.74, 6) is -1.93. The molecule has 2 heterocycles. The molecule has 1 aliphatic rings. The third kappa shape index (κ3) is 3.68. The molecule has 25 heavy (non-hydrogen) atoms. The molecule has 2 atom stereocenters. The highest BCUT2D eigenvalue weighted by Crippen LogP contribution is 2.21. The minimum Gasteiger partial charge on any atom is -0.480 e. The first-order valence-corrected chi connectivity index (χ1v) is 9.90. The monoisotopic (exact) mass is 364 g/mol. The van der Waals surface area contributed by atoms with Crippen molar-refractivity contribution in [2.45, 2.75) is 37.0 Å². The van der Waals surface area contributed by atoms with Crippen LogP contribution in [0.4, 0.5) is 0 Å². The van der Waals surface area contributed by atoms with E-state index in [1.807, 2.05) is 24.3 Å². The first kappa shape index (κ1) is 17.5. The Morgan fingerprint density at radius 2 is 2.04 bits per heavy atom. The number of carboxylic acids is 1. The van der Waals surface area contributed by atoms with Gasteiger partial charge < -0.3 is 15.4 Å². The van der Waals surface area contributed by atoms with Crippen molar-refractivity contribution in [2.24, 2.45) is 0 Å². The molecule has 2 aromatic rings. The summed E-state index contributed by atoms with van der Waals surface area (Å²) >= 11 is 0. The van der Waals surface area contributed by atoms with E-state index in [-0.39, 0.29) is 18.6 Å². The average Bonchev–Trinajstić information content (AvgIpc) is 2.97. The number of fused-ring (bicyclic) bond motifs is 1. The second-order valence-corrected chi connectivity index (χ2v) is 8.62. The van der Waals surface area contributed by atoms with Crippen molar-refractivity contribution in [2.75, 3.05) is 5.75 Å². The number of rotatable bonds is 5. The minimum atomic E-state index is -3.50. The number of amides is 1. The summed E-state index contributed by atoms with van der Waals surface area (Å²) in [5.41, 5.74) is 1.64. The number of aliphatic carboxylic acids is 1. The van der Waals surface area contributed by atoms with Gasteiger partial charge in [-0.05, 0) is 24.5 Å². The van der Waals surface area contributed by atoms with Gasteiger partial charge in [0.2, 0.25) is 5.91 Å². The highest BCUT2D eigenvalue weighted by molar-refractivity contribution is 7.92. The van der Waals surface area contributed by atoms with Crippen LogP contribution in [0.15, 0.2) is 30.5 Å². The van der Waals surface area contributed by atoms with Crippen LogP contribution in [0.1, 0.15) is 24.8 Å². The molecule has 134 valence electrons. The number of sulfone groups is 1. The molecule has 1 saturated heterocycles. The summed E-state index contributed by atoms with van der Waals surface area (Å²) in [6.45, 7) is 0. The van der Waals surface area contributed by atoms with E-state index in [1.165, 1.54) is 0 Å². The van der Waals surface area contributed by atoms with Crippen molar-refractivity contribution in [3.63, 3.8) is 0 Å². The summed E-state index contributed by atoms with van der Waals surface area (Å²) < 4.78 is 24.1. The first-order chi connectivity index (χ1) is 11.9. The molecule has 0 aliphatic carbocycles. The van der Waals surface area contributed by atoms with Gasteiger partial charge in [-0.3, -0.25) is 4.79 Å². The van der Waals surface area contributed by atoms with Crippen LogP contribution >= 0.6 is 0 Å². The molecule has 3 rings (SSSR count). The zero-order valence-corrected chi connectivity index (χ0v) is 14.4. The molecule has 1 aliphatic heterocycles. The number of benzene rings is 1. The summed E-state index contributed by atoms with van der Waals surface area (Å²) in [6.07, 6.45) is 3.23. The summed E-state index contributed by atoms with van der Waals surface area (Å²) in [4.78, 5) is 27.0. The molecule has 1 amide bonds. The van der Waals surface area contributed by atoms with Gasteiger partial charge in [-0.2, -0.15) is 0 Å². The quantitative estimate of drug-likeness (QED) is 0.738. The predicted octanol–water partition coefficient (Wildman–Crippen LogP) is 1.25. The Labute approximate surface area is 145 Å². The van der Waals surface area contributed by atoms with Gasteiger partial charge in [0.15, 0.2) is 9.84 Å². The van der Waals surface area contributed by atoms with Crippen molar-refractivity contribution >= 4 is 32.6 Å². The van der Waals surface area contributed by atoms with E-state index < -0.39 is 33.0 Å². The fourth-order valence-corrected chi connectivity index (χ4v) is 5.05. The van der Waals surface area contributed by atoms with Crippen LogP contribution in [0.5, 0.6) is 0 Å². The smallest absolute Gasteiger partial charge is 0.326 e. The topological polar surface area (TPSA) is 116 Å². The van der Waals surface area contributed by atoms with Crippen LogP contribution in [0.3, 0.4) is 0 Å². The lowest BCUT2D eigenvalue weighted by atomic mass is 10.0. The number of carbonyl (C=O) groups excluding carboxylic acids is 1. The number of para-hydroxylation sites is 1. The number of carbonyl (C=O) groups is 2. The maximum atomic E-state index is 12.4. The van der Waals surface area contributed by atoms with E-state index in [1.54, 1.807) is 6.20 Å². The molecule has 0 spiro atoms. The van der Waals surface area contributed by atoms with Gasteiger partial charge in [-0.25, -0.2) is 13.2 Å². The van der Waals surface area contributed by atoms with Crippen LogP contribution < -0.4 is 5.32 Å². The van der Waals surface area contributed by atoms with Gasteiger partial charge in [0, 0.05) is 23.5 Å². The van der Waals surface area contributed by atoms with Crippen molar-refractivity contribution in [1.82, 2.24) is 10.3 Å². The van der Waals surface area contributed by atoms with E-state index in [9.17, 15) is 23.1 Å². The number of aromatic nitrogens is 1. The molecular weight excluding hydrogens is 344 g/mol. The van der Waals surface area contributed by atoms with Gasteiger partial charge >= 0.3 is 5.97 Å². The Morgan fingerprint density at radius 3 is 2.76 bits per heavy atom. The number of hydrogen-bond donors (Lipinski definition) is 3. The maximum Gasteiger partial charge on any atom is 0.326 e. The summed E-state index contributed by atoms with van der Waals surface area (Å²) in [5, 5.41) is 11.6. The average molecular weight is 364 g/mol. The Hall–Kier alpha value is -2.35. The van der Waals surface area contributed by atoms with Crippen molar-refractivity contribution in [3.8, 4) is 0 Å². The Balaban J connectivity index is 1.78. The molecule has 0 bridgehead atoms. The molecule has 0 radical (unpaired) electrons. The standard InChI is InChI=1S/C17H20N2O5S/c20-16(15-7-3-4-8-25(15,23)24)19-14(17(21)22)9-11-10-18-13-6-2-1-5-12(11)13/h1-2,5-6,10,14-15,18H,3-4,7-9H2,(H,19,20)(H,21,22). The highest BCUT2D eigenvalue weighted by atomic mass is 32.2. The van der Waals surface area contributed by atoms with Crippen LogP contribution in [0.25, 0.3) is 10.9 Å². The van der Waals surface area contributed by atoms with Crippen LogP contribution in [-0.2, 0) is 25.8 Å². The van der Waals surface area contributed by atoms with Gasteiger partial charge in [-0.15, -0.1) is 0 Å². The fraction of sp³-hybridized carbons (Fsp3) is 0.412. The predicted molar refractivity (Wildman–Crippen MR) is 93.0 cm³/mol. The first-order valence-electron chi connectivity index (χ1n) is 8.18. The summed E-state index contributed by atoms with van der Waals surface area (Å²) in [6, 6.07) is 6.29. The zero-order chi connectivity index (χ0) is 18.0. The molecule has 1 aromatic carbocycles. The Kier molecular flexibility index (Phi) is 4.80. The fourth-order valence-electron chi connectivity index (χ4n) is 3.23. The molecule has 1 aromatic heterocycles. The normalized spacial score (nSPS) is 20.9. The second-order valence-electron chi connectivity index (χ2n) is 6.31. The van der Waals surface area contributed by atoms with E-state index >= 15 is 0 Å². The van der Waals surface area contributed by atoms with Gasteiger partial charge in [0.25, 0.3) is 0 Å². The lowest BCUT2D eigenvalue weighted by molar-refractivity contribution is -0.141. The number of carboxylic acid groups (broad SMARTS) is 1. The molecule has 1 fully saturated rings. The van der Waals surface area contributed by atoms with E-state index in [0.717, 1.165) is 16.5 Å². The van der Waals surface area contributed by atoms with E-state index in [4.69, 9.17) is 0 Å². The van der Waals surface area contributed by atoms with Gasteiger partial charge in [-0.1, -0.05) is 24.6 Å². The number of H-pyrrole nitrogens is 1. The lowest BCUT2D eigenvalue weighted by Crippen LogP contribution is -2.50. The molecule has 7 nitrogen and oxygen atoms in total. The van der Waals surface area contributed by atoms with Crippen LogP contribution in [0.2, 0.25) is 0 Å². The third-order valence-electron chi connectivity index (χ3n) is 4.58. The Morgan fingerprint density at radius 1 is 1.28 bits per heavy atom. The number of aromatic amines is 1. The SMILES string of the molecule is O=C(O)C(Cc1c[nH]c2ccccc12)NC(=O)C1CCCCS1(=O)=O. The zero-order valence-electron chi connectivity index (χ0n) is 13.6. The Bertz CT molecular complexity index is 903. The minimum absolute atomic E-state index is 0.0225.